The molecule has 2 heterocycles. The summed E-state index contributed by atoms with van der Waals surface area (Å²) in [6, 6.07) is 13.4. The Bertz CT molecular complexity index is 1010. The van der Waals surface area contributed by atoms with Gasteiger partial charge in [0.15, 0.2) is 17.2 Å². The van der Waals surface area contributed by atoms with Gasteiger partial charge in [-0.2, -0.15) is 5.10 Å². The second-order valence-corrected chi connectivity index (χ2v) is 5.11. The van der Waals surface area contributed by atoms with Crippen molar-refractivity contribution in [1.82, 2.24) is 20.2 Å². The highest BCUT2D eigenvalue weighted by molar-refractivity contribution is 5.97. The number of para-hydroxylation sites is 1. The van der Waals surface area contributed by atoms with Gasteiger partial charge in [-0.1, -0.05) is 12.1 Å². The van der Waals surface area contributed by atoms with E-state index in [1.54, 1.807) is 30.3 Å². The molecule has 2 aromatic carbocycles. The fourth-order valence-electron chi connectivity index (χ4n) is 2.43. The van der Waals surface area contributed by atoms with Crippen LogP contribution in [0, 0.1) is 5.82 Å². The molecule has 0 unspecified atom stereocenters. The van der Waals surface area contributed by atoms with E-state index >= 15 is 0 Å². The molecule has 0 radical (unpaired) electrons. The molecule has 0 aliphatic heterocycles. The van der Waals surface area contributed by atoms with Crippen LogP contribution in [0.3, 0.4) is 0 Å². The van der Waals surface area contributed by atoms with E-state index in [0.717, 1.165) is 5.56 Å². The van der Waals surface area contributed by atoms with Gasteiger partial charge in [0.25, 0.3) is 0 Å². The third-order valence-electron chi connectivity index (χ3n) is 3.58. The SMILES string of the molecule is Nc1ncnc2[nH]nc(-c3ccc(Oc4ccccc4F)cc3)c12. The lowest BCUT2D eigenvalue weighted by atomic mass is 10.1. The molecule has 0 spiro atoms. The number of fused-ring (bicyclic) bond motifs is 1. The lowest BCUT2D eigenvalue weighted by Gasteiger charge is -2.07. The van der Waals surface area contributed by atoms with Gasteiger partial charge < -0.3 is 10.5 Å². The first-order chi connectivity index (χ1) is 11.7. The van der Waals surface area contributed by atoms with E-state index in [1.807, 2.05) is 12.1 Å². The van der Waals surface area contributed by atoms with Crippen LogP contribution in [0.25, 0.3) is 22.3 Å². The molecule has 0 bridgehead atoms. The molecule has 0 aliphatic carbocycles. The quantitative estimate of drug-likeness (QED) is 0.602. The van der Waals surface area contributed by atoms with Crippen molar-refractivity contribution in [2.75, 3.05) is 5.73 Å². The number of nitrogens with zero attached hydrogens (tertiary/aromatic N) is 3. The first-order valence-corrected chi connectivity index (χ1v) is 7.20. The molecule has 4 rings (SSSR count). The predicted octanol–water partition coefficient (Wildman–Crippen LogP) is 3.53. The van der Waals surface area contributed by atoms with Gasteiger partial charge in [0, 0.05) is 5.56 Å². The van der Waals surface area contributed by atoms with Crippen LogP contribution >= 0.6 is 0 Å². The third-order valence-corrected chi connectivity index (χ3v) is 3.58. The summed E-state index contributed by atoms with van der Waals surface area (Å²) in [6.07, 6.45) is 1.38. The van der Waals surface area contributed by atoms with Gasteiger partial charge in [-0.25, -0.2) is 14.4 Å². The molecule has 24 heavy (non-hydrogen) atoms. The van der Waals surface area contributed by atoms with Crippen molar-refractivity contribution in [3.8, 4) is 22.8 Å². The van der Waals surface area contributed by atoms with Crippen molar-refractivity contribution in [3.63, 3.8) is 0 Å². The number of nitrogen functional groups attached to an aromatic ring is 1. The Hall–Kier alpha value is -3.48. The minimum Gasteiger partial charge on any atom is -0.454 e. The molecule has 7 heteroatoms. The Morgan fingerprint density at radius 3 is 2.58 bits per heavy atom. The summed E-state index contributed by atoms with van der Waals surface area (Å²) in [7, 11) is 0. The summed E-state index contributed by atoms with van der Waals surface area (Å²) in [5, 5.41) is 7.74. The number of benzene rings is 2. The molecule has 0 saturated carbocycles. The zero-order valence-corrected chi connectivity index (χ0v) is 12.4. The molecule has 0 atom stereocenters. The zero-order valence-electron chi connectivity index (χ0n) is 12.4. The van der Waals surface area contributed by atoms with Crippen LogP contribution in [0.4, 0.5) is 10.2 Å². The average Bonchev–Trinajstić information content (AvgIpc) is 3.03. The maximum absolute atomic E-state index is 13.6. The molecule has 0 saturated heterocycles. The van der Waals surface area contributed by atoms with Crippen LogP contribution in [0.1, 0.15) is 0 Å². The van der Waals surface area contributed by atoms with Crippen LogP contribution < -0.4 is 10.5 Å². The maximum atomic E-state index is 13.6. The largest absolute Gasteiger partial charge is 0.454 e. The van der Waals surface area contributed by atoms with Crippen molar-refractivity contribution < 1.29 is 9.13 Å². The highest BCUT2D eigenvalue weighted by Crippen LogP contribution is 2.31. The van der Waals surface area contributed by atoms with E-state index < -0.39 is 5.82 Å². The molecular formula is C17H12FN5O. The van der Waals surface area contributed by atoms with E-state index in [1.165, 1.54) is 12.4 Å². The van der Waals surface area contributed by atoms with Gasteiger partial charge in [0.2, 0.25) is 0 Å². The van der Waals surface area contributed by atoms with Crippen molar-refractivity contribution >= 4 is 16.9 Å². The second-order valence-electron chi connectivity index (χ2n) is 5.11. The van der Waals surface area contributed by atoms with E-state index in [0.29, 0.717) is 28.3 Å². The third kappa shape index (κ3) is 2.41. The molecule has 0 fully saturated rings. The number of aromatic amines is 1. The smallest absolute Gasteiger partial charge is 0.165 e. The van der Waals surface area contributed by atoms with E-state index in [2.05, 4.69) is 20.2 Å². The van der Waals surface area contributed by atoms with Gasteiger partial charge >= 0.3 is 0 Å². The van der Waals surface area contributed by atoms with Gasteiger partial charge in [0.05, 0.1) is 5.39 Å². The van der Waals surface area contributed by atoms with Crippen molar-refractivity contribution in [2.45, 2.75) is 0 Å². The van der Waals surface area contributed by atoms with Gasteiger partial charge in [-0.15, -0.1) is 0 Å². The van der Waals surface area contributed by atoms with Crippen LogP contribution in [0.2, 0.25) is 0 Å². The molecule has 2 aromatic heterocycles. The molecule has 0 amide bonds. The number of halogens is 1. The van der Waals surface area contributed by atoms with Crippen molar-refractivity contribution in [3.05, 3.63) is 60.7 Å². The van der Waals surface area contributed by atoms with Gasteiger partial charge in [-0.05, 0) is 36.4 Å². The maximum Gasteiger partial charge on any atom is 0.165 e. The summed E-state index contributed by atoms with van der Waals surface area (Å²) >= 11 is 0. The zero-order chi connectivity index (χ0) is 16.5. The van der Waals surface area contributed by atoms with E-state index in [4.69, 9.17) is 10.5 Å². The molecule has 6 nitrogen and oxygen atoms in total. The summed E-state index contributed by atoms with van der Waals surface area (Å²) in [5.74, 6) is 0.640. The number of rotatable bonds is 3. The highest BCUT2D eigenvalue weighted by atomic mass is 19.1. The summed E-state index contributed by atoms with van der Waals surface area (Å²) in [5.41, 5.74) is 7.96. The lowest BCUT2D eigenvalue weighted by Crippen LogP contribution is -1.92. The minimum atomic E-state index is -0.412. The van der Waals surface area contributed by atoms with Crippen LogP contribution in [-0.4, -0.2) is 20.2 Å². The molecular weight excluding hydrogens is 309 g/mol. The lowest BCUT2D eigenvalue weighted by molar-refractivity contribution is 0.442. The van der Waals surface area contributed by atoms with E-state index in [-0.39, 0.29) is 5.75 Å². The molecule has 3 N–H and O–H groups in total. The van der Waals surface area contributed by atoms with Crippen molar-refractivity contribution in [2.24, 2.45) is 0 Å². The second kappa shape index (κ2) is 5.62. The Balaban J connectivity index is 1.67. The van der Waals surface area contributed by atoms with Crippen LogP contribution in [0.5, 0.6) is 11.5 Å². The van der Waals surface area contributed by atoms with Crippen LogP contribution in [-0.2, 0) is 0 Å². The molecule has 118 valence electrons. The van der Waals surface area contributed by atoms with Gasteiger partial charge in [0.1, 0.15) is 23.6 Å². The number of ether oxygens (including phenoxy) is 1. The summed E-state index contributed by atoms with van der Waals surface area (Å²) < 4.78 is 19.2. The minimum absolute atomic E-state index is 0.174. The number of hydrogen-bond donors (Lipinski definition) is 2. The highest BCUT2D eigenvalue weighted by Gasteiger charge is 2.13. The Morgan fingerprint density at radius 2 is 1.79 bits per heavy atom. The normalized spacial score (nSPS) is 10.9. The average molecular weight is 321 g/mol. The number of aromatic nitrogens is 4. The first kappa shape index (κ1) is 14.1. The standard InChI is InChI=1S/C17H12FN5O/c18-12-3-1-2-4-13(12)24-11-7-5-10(6-8-11)15-14-16(19)20-9-21-17(14)23-22-15/h1-9H,(H3,19,20,21,22,23). The van der Waals surface area contributed by atoms with Crippen LogP contribution in [0.15, 0.2) is 54.9 Å². The van der Waals surface area contributed by atoms with Crippen molar-refractivity contribution in [1.29, 1.82) is 0 Å². The topological polar surface area (TPSA) is 89.7 Å². The Kier molecular flexibility index (Phi) is 3.31. The predicted molar refractivity (Wildman–Crippen MR) is 88.0 cm³/mol. The number of H-pyrrole nitrogens is 1. The van der Waals surface area contributed by atoms with E-state index in [9.17, 15) is 4.39 Å². The van der Waals surface area contributed by atoms with Gasteiger partial charge in [-0.3, -0.25) is 5.10 Å². The number of nitrogens with two attached hydrogens (primary N) is 1. The Morgan fingerprint density at radius 1 is 1.00 bits per heavy atom. The summed E-state index contributed by atoms with van der Waals surface area (Å²) in [4.78, 5) is 8.08. The number of anilines is 1. The fraction of sp³-hybridized carbons (Fsp3) is 0. The summed E-state index contributed by atoms with van der Waals surface area (Å²) in [6.45, 7) is 0. The molecule has 0 aliphatic rings. The number of nitrogens with one attached hydrogen (secondary N) is 1. The monoisotopic (exact) mass is 321 g/mol. The number of hydrogen-bond acceptors (Lipinski definition) is 5. The molecule has 4 aromatic rings. The fourth-order valence-corrected chi connectivity index (χ4v) is 2.43. The Labute approximate surface area is 136 Å². The first-order valence-electron chi connectivity index (χ1n) is 7.20.